The number of esters is 1. The number of fused-ring (bicyclic) bond motifs is 2. The molecule has 0 heterocycles. The fourth-order valence-corrected chi connectivity index (χ4v) is 3.20. The van der Waals surface area contributed by atoms with Crippen molar-refractivity contribution in [3.63, 3.8) is 0 Å². The van der Waals surface area contributed by atoms with Crippen LogP contribution in [0, 0.1) is 17.8 Å². The average molecular weight is 322 g/mol. The fourth-order valence-electron chi connectivity index (χ4n) is 3.20. The van der Waals surface area contributed by atoms with Crippen molar-refractivity contribution in [1.82, 2.24) is 0 Å². The summed E-state index contributed by atoms with van der Waals surface area (Å²) in [4.78, 5) is 24.0. The first-order valence-corrected chi connectivity index (χ1v) is 7.46. The lowest BCUT2D eigenvalue weighted by atomic mass is 9.94. The molecule has 23 heavy (non-hydrogen) atoms. The number of alkyl halides is 2. The number of hydrogen-bond donors (Lipinski definition) is 0. The van der Waals surface area contributed by atoms with Gasteiger partial charge in [0.1, 0.15) is 5.75 Å². The quantitative estimate of drug-likeness (QED) is 0.458. The minimum atomic E-state index is -2.91. The minimum absolute atomic E-state index is 0.0256. The molecule has 2 bridgehead atoms. The molecule has 0 N–H and O–H groups in total. The van der Waals surface area contributed by atoms with Gasteiger partial charge in [0.25, 0.3) is 0 Å². The van der Waals surface area contributed by atoms with Gasteiger partial charge in [0, 0.05) is 5.56 Å². The number of carbonyl (C=O) groups is 2. The van der Waals surface area contributed by atoms with Gasteiger partial charge in [-0.15, -0.1) is 0 Å². The second-order valence-electron chi connectivity index (χ2n) is 5.82. The van der Waals surface area contributed by atoms with Gasteiger partial charge in [-0.3, -0.25) is 9.59 Å². The summed E-state index contributed by atoms with van der Waals surface area (Å²) in [5.41, 5.74) is 0.284. The normalized spacial score (nSPS) is 24.9. The molecular formula is C17H16F2O4. The maximum absolute atomic E-state index is 12.0. The van der Waals surface area contributed by atoms with E-state index < -0.39 is 6.61 Å². The highest BCUT2D eigenvalue weighted by atomic mass is 19.3. The van der Waals surface area contributed by atoms with Crippen molar-refractivity contribution in [3.8, 4) is 5.75 Å². The number of ether oxygens (including phenoxy) is 2. The zero-order valence-electron chi connectivity index (χ0n) is 12.3. The van der Waals surface area contributed by atoms with Gasteiger partial charge in [0.2, 0.25) is 0 Å². The zero-order valence-corrected chi connectivity index (χ0v) is 12.3. The van der Waals surface area contributed by atoms with Crippen molar-refractivity contribution < 1.29 is 27.8 Å². The van der Waals surface area contributed by atoms with E-state index in [1.807, 2.05) is 6.08 Å². The van der Waals surface area contributed by atoms with Gasteiger partial charge in [0.05, 0.1) is 5.92 Å². The molecule has 0 saturated heterocycles. The van der Waals surface area contributed by atoms with E-state index >= 15 is 0 Å². The van der Waals surface area contributed by atoms with Crippen LogP contribution in [0.4, 0.5) is 8.78 Å². The van der Waals surface area contributed by atoms with Crippen molar-refractivity contribution in [2.45, 2.75) is 19.5 Å². The standard InChI is InChI=1S/C17H16F2O4/c18-17(19)23-13-5-3-11(4-6-13)15(20)9-22-16(21)14-8-10-1-2-12(14)7-10/h1-6,10,12,14,17H,7-9H2/t10-,12-,14-/m1/s1. The Morgan fingerprint density at radius 2 is 1.87 bits per heavy atom. The van der Waals surface area contributed by atoms with Gasteiger partial charge < -0.3 is 9.47 Å². The van der Waals surface area contributed by atoms with Crippen LogP contribution in [0.25, 0.3) is 0 Å². The fraction of sp³-hybridized carbons (Fsp3) is 0.412. The van der Waals surface area contributed by atoms with Gasteiger partial charge in [-0.25, -0.2) is 0 Å². The minimum Gasteiger partial charge on any atom is -0.457 e. The van der Waals surface area contributed by atoms with E-state index in [1.54, 1.807) is 0 Å². The number of Topliss-reactive ketones (excluding diaryl/α,β-unsaturated/α-hetero) is 1. The van der Waals surface area contributed by atoms with E-state index in [9.17, 15) is 18.4 Å². The monoisotopic (exact) mass is 322 g/mol. The molecule has 0 radical (unpaired) electrons. The molecule has 2 aliphatic carbocycles. The second-order valence-corrected chi connectivity index (χ2v) is 5.82. The Labute approximate surface area is 132 Å². The Morgan fingerprint density at radius 1 is 1.13 bits per heavy atom. The predicted molar refractivity (Wildman–Crippen MR) is 77.2 cm³/mol. The molecule has 122 valence electrons. The van der Waals surface area contributed by atoms with Crippen LogP contribution in [0.3, 0.4) is 0 Å². The predicted octanol–water partition coefficient (Wildman–Crippen LogP) is 3.23. The van der Waals surface area contributed by atoms with Crippen LogP contribution in [0.1, 0.15) is 23.2 Å². The first kappa shape index (κ1) is 15.6. The molecule has 1 fully saturated rings. The van der Waals surface area contributed by atoms with E-state index in [2.05, 4.69) is 10.8 Å². The number of allylic oxidation sites excluding steroid dienone is 2. The second kappa shape index (κ2) is 6.48. The van der Waals surface area contributed by atoms with Gasteiger partial charge in [0.15, 0.2) is 12.4 Å². The molecule has 1 aromatic carbocycles. The number of halogens is 2. The van der Waals surface area contributed by atoms with Crippen LogP contribution in [-0.2, 0) is 9.53 Å². The van der Waals surface area contributed by atoms with Crippen molar-refractivity contribution >= 4 is 11.8 Å². The van der Waals surface area contributed by atoms with Crippen molar-refractivity contribution in [2.24, 2.45) is 17.8 Å². The third-order valence-electron chi connectivity index (χ3n) is 4.33. The molecule has 2 aliphatic rings. The topological polar surface area (TPSA) is 52.6 Å². The van der Waals surface area contributed by atoms with Crippen LogP contribution in [0.2, 0.25) is 0 Å². The van der Waals surface area contributed by atoms with Crippen LogP contribution in [0.15, 0.2) is 36.4 Å². The number of benzene rings is 1. The summed E-state index contributed by atoms with van der Waals surface area (Å²) < 4.78 is 33.4. The summed E-state index contributed by atoms with van der Waals surface area (Å²) in [6.45, 7) is -3.25. The Hall–Kier alpha value is -2.24. The maximum atomic E-state index is 12.0. The summed E-state index contributed by atoms with van der Waals surface area (Å²) in [5, 5.41) is 0. The highest BCUT2D eigenvalue weighted by Gasteiger charge is 2.40. The molecule has 1 aromatic rings. The summed E-state index contributed by atoms with van der Waals surface area (Å²) in [5.74, 6) is -0.209. The van der Waals surface area contributed by atoms with E-state index in [-0.39, 0.29) is 41.5 Å². The van der Waals surface area contributed by atoms with Crippen molar-refractivity contribution in [1.29, 1.82) is 0 Å². The third-order valence-corrected chi connectivity index (χ3v) is 4.33. The summed E-state index contributed by atoms with van der Waals surface area (Å²) >= 11 is 0. The number of hydrogen-bond acceptors (Lipinski definition) is 4. The highest BCUT2D eigenvalue weighted by molar-refractivity contribution is 5.98. The molecule has 3 atom stereocenters. The summed E-state index contributed by atoms with van der Waals surface area (Å²) in [7, 11) is 0. The lowest BCUT2D eigenvalue weighted by Crippen LogP contribution is -2.24. The number of rotatable bonds is 6. The smallest absolute Gasteiger partial charge is 0.387 e. The lowest BCUT2D eigenvalue weighted by molar-refractivity contribution is -0.148. The molecular weight excluding hydrogens is 306 g/mol. The largest absolute Gasteiger partial charge is 0.457 e. The van der Waals surface area contributed by atoms with Gasteiger partial charge in [-0.1, -0.05) is 12.2 Å². The molecule has 0 unspecified atom stereocenters. The Balaban J connectivity index is 1.51. The van der Waals surface area contributed by atoms with E-state index in [4.69, 9.17) is 4.74 Å². The molecule has 0 aromatic heterocycles. The summed E-state index contributed by atoms with van der Waals surface area (Å²) in [6, 6.07) is 5.30. The van der Waals surface area contributed by atoms with Gasteiger partial charge in [-0.2, -0.15) is 8.78 Å². The Kier molecular flexibility index (Phi) is 4.41. The van der Waals surface area contributed by atoms with Crippen LogP contribution in [0.5, 0.6) is 5.75 Å². The van der Waals surface area contributed by atoms with Crippen LogP contribution >= 0.6 is 0 Å². The first-order valence-electron chi connectivity index (χ1n) is 7.46. The molecule has 4 nitrogen and oxygen atoms in total. The maximum Gasteiger partial charge on any atom is 0.387 e. The summed E-state index contributed by atoms with van der Waals surface area (Å²) in [6.07, 6.45) is 5.94. The van der Waals surface area contributed by atoms with E-state index in [0.29, 0.717) is 5.92 Å². The van der Waals surface area contributed by atoms with E-state index in [1.165, 1.54) is 24.3 Å². The molecule has 3 rings (SSSR count). The zero-order chi connectivity index (χ0) is 16.4. The molecule has 6 heteroatoms. The Morgan fingerprint density at radius 3 is 2.43 bits per heavy atom. The molecule has 0 amide bonds. The highest BCUT2D eigenvalue weighted by Crippen LogP contribution is 2.43. The van der Waals surface area contributed by atoms with Gasteiger partial charge >= 0.3 is 12.6 Å². The van der Waals surface area contributed by atoms with Crippen molar-refractivity contribution in [3.05, 3.63) is 42.0 Å². The van der Waals surface area contributed by atoms with Gasteiger partial charge in [-0.05, 0) is 48.9 Å². The molecule has 1 saturated carbocycles. The van der Waals surface area contributed by atoms with Crippen LogP contribution in [-0.4, -0.2) is 25.0 Å². The van der Waals surface area contributed by atoms with E-state index in [0.717, 1.165) is 12.8 Å². The molecule has 0 aliphatic heterocycles. The number of ketones is 1. The first-order chi connectivity index (χ1) is 11.0. The average Bonchev–Trinajstić information content (AvgIpc) is 3.15. The third kappa shape index (κ3) is 3.57. The Bertz CT molecular complexity index is 624. The molecule has 0 spiro atoms. The SMILES string of the molecule is O=C(COC(=O)[C@@H]1C[C@@H]2C=C[C@@H]1C2)c1ccc(OC(F)F)cc1. The van der Waals surface area contributed by atoms with Crippen LogP contribution < -0.4 is 4.74 Å². The van der Waals surface area contributed by atoms with Crippen molar-refractivity contribution in [2.75, 3.05) is 6.61 Å². The number of carbonyl (C=O) groups excluding carboxylic acids is 2. The lowest BCUT2D eigenvalue weighted by Gasteiger charge is -2.16.